The van der Waals surface area contributed by atoms with Gasteiger partial charge in [0.1, 0.15) is 12.1 Å². The van der Waals surface area contributed by atoms with Crippen molar-refractivity contribution in [1.29, 1.82) is 0 Å². The summed E-state index contributed by atoms with van der Waals surface area (Å²) in [5.41, 5.74) is 0.606. The summed E-state index contributed by atoms with van der Waals surface area (Å²) in [5.74, 6) is 1.17. The number of H-pyrrole nitrogens is 1. The second kappa shape index (κ2) is 5.79. The molecule has 7 heteroatoms. The van der Waals surface area contributed by atoms with Crippen molar-refractivity contribution in [2.75, 3.05) is 5.75 Å². The molecule has 3 aromatic heterocycles. The Hall–Kier alpha value is -2.28. The number of hydrogen-bond donors (Lipinski definition) is 1. The standard InChI is InChI=1S/C13H12N4O2S/c18-12(11-4-1-5-14-11)8-20-13-16-15-9-17(13)7-10-3-2-6-19-10/h1-6,9,14H,7-8H2. The predicted molar refractivity (Wildman–Crippen MR) is 73.7 cm³/mol. The molecule has 0 atom stereocenters. The Morgan fingerprint density at radius 3 is 3.10 bits per heavy atom. The topological polar surface area (TPSA) is 76.7 Å². The molecule has 0 radical (unpaired) electrons. The van der Waals surface area contributed by atoms with Crippen LogP contribution < -0.4 is 0 Å². The fraction of sp³-hybridized carbons (Fsp3) is 0.154. The highest BCUT2D eigenvalue weighted by Gasteiger charge is 2.11. The van der Waals surface area contributed by atoms with Crippen molar-refractivity contribution >= 4 is 17.5 Å². The molecule has 1 N–H and O–H groups in total. The highest BCUT2D eigenvalue weighted by Crippen LogP contribution is 2.17. The van der Waals surface area contributed by atoms with Crippen molar-refractivity contribution in [2.45, 2.75) is 11.7 Å². The summed E-state index contributed by atoms with van der Waals surface area (Å²) in [4.78, 5) is 14.8. The number of aromatic nitrogens is 4. The van der Waals surface area contributed by atoms with E-state index in [0.717, 1.165) is 5.76 Å². The smallest absolute Gasteiger partial charge is 0.191 e. The SMILES string of the molecule is O=C(CSc1nncn1Cc1ccco1)c1ccc[nH]1. The Morgan fingerprint density at radius 2 is 2.35 bits per heavy atom. The molecule has 3 rings (SSSR count). The average molecular weight is 288 g/mol. The van der Waals surface area contributed by atoms with Crippen LogP contribution in [0.25, 0.3) is 0 Å². The predicted octanol–water partition coefficient (Wildman–Crippen LogP) is 2.22. The molecule has 0 aliphatic rings. The highest BCUT2D eigenvalue weighted by molar-refractivity contribution is 7.99. The summed E-state index contributed by atoms with van der Waals surface area (Å²) in [5, 5.41) is 8.59. The molecule has 0 aromatic carbocycles. The molecule has 20 heavy (non-hydrogen) atoms. The molecule has 3 aromatic rings. The number of aromatic amines is 1. The average Bonchev–Trinajstić information content (AvgIpc) is 3.20. The molecule has 0 unspecified atom stereocenters. The molecule has 3 heterocycles. The maximum Gasteiger partial charge on any atom is 0.191 e. The molecule has 6 nitrogen and oxygen atoms in total. The van der Waals surface area contributed by atoms with E-state index >= 15 is 0 Å². The second-order valence-electron chi connectivity index (χ2n) is 4.12. The quantitative estimate of drug-likeness (QED) is 0.556. The molecular weight excluding hydrogens is 276 g/mol. The Balaban J connectivity index is 1.63. The van der Waals surface area contributed by atoms with Crippen LogP contribution in [0.2, 0.25) is 0 Å². The molecule has 0 spiro atoms. The summed E-state index contributed by atoms with van der Waals surface area (Å²) in [6, 6.07) is 7.29. The third kappa shape index (κ3) is 2.83. The monoisotopic (exact) mass is 288 g/mol. The summed E-state index contributed by atoms with van der Waals surface area (Å²) >= 11 is 1.36. The number of furan rings is 1. The van der Waals surface area contributed by atoms with E-state index in [-0.39, 0.29) is 5.78 Å². The van der Waals surface area contributed by atoms with Crippen LogP contribution in [-0.2, 0) is 6.54 Å². The van der Waals surface area contributed by atoms with E-state index in [1.165, 1.54) is 11.8 Å². The van der Waals surface area contributed by atoms with Crippen LogP contribution in [0.1, 0.15) is 16.2 Å². The molecule has 0 bridgehead atoms. The number of nitrogens with one attached hydrogen (secondary N) is 1. The van der Waals surface area contributed by atoms with Crippen LogP contribution in [-0.4, -0.2) is 31.3 Å². The fourth-order valence-corrected chi connectivity index (χ4v) is 2.54. The number of carbonyl (C=O) groups excluding carboxylic acids is 1. The fourth-order valence-electron chi connectivity index (χ4n) is 1.75. The van der Waals surface area contributed by atoms with Gasteiger partial charge in [-0.05, 0) is 24.3 Å². The lowest BCUT2D eigenvalue weighted by atomic mass is 10.3. The van der Waals surface area contributed by atoms with Crippen molar-refractivity contribution in [3.05, 3.63) is 54.5 Å². The zero-order valence-corrected chi connectivity index (χ0v) is 11.3. The molecule has 0 saturated carbocycles. The van der Waals surface area contributed by atoms with Gasteiger partial charge in [-0.15, -0.1) is 10.2 Å². The van der Waals surface area contributed by atoms with Gasteiger partial charge in [-0.1, -0.05) is 11.8 Å². The Labute approximate surface area is 119 Å². The van der Waals surface area contributed by atoms with E-state index in [1.54, 1.807) is 30.9 Å². The van der Waals surface area contributed by atoms with Crippen molar-refractivity contribution in [1.82, 2.24) is 19.7 Å². The normalized spacial score (nSPS) is 10.8. The van der Waals surface area contributed by atoms with Crippen molar-refractivity contribution in [3.63, 3.8) is 0 Å². The largest absolute Gasteiger partial charge is 0.467 e. The van der Waals surface area contributed by atoms with Gasteiger partial charge in [-0.2, -0.15) is 0 Å². The minimum absolute atomic E-state index is 0.0348. The van der Waals surface area contributed by atoms with Gasteiger partial charge in [-0.3, -0.25) is 4.79 Å². The first-order valence-corrected chi connectivity index (χ1v) is 7.01. The van der Waals surface area contributed by atoms with E-state index in [0.29, 0.717) is 23.1 Å². The number of nitrogens with zero attached hydrogens (tertiary/aromatic N) is 3. The maximum absolute atomic E-state index is 11.9. The van der Waals surface area contributed by atoms with Crippen LogP contribution in [0, 0.1) is 0 Å². The van der Waals surface area contributed by atoms with Gasteiger partial charge in [0, 0.05) is 6.20 Å². The first kappa shape index (κ1) is 12.7. The minimum atomic E-state index is 0.0348. The van der Waals surface area contributed by atoms with Crippen LogP contribution in [0.5, 0.6) is 0 Å². The zero-order chi connectivity index (χ0) is 13.8. The van der Waals surface area contributed by atoms with Crippen LogP contribution in [0.15, 0.2) is 52.6 Å². The Morgan fingerprint density at radius 1 is 1.40 bits per heavy atom. The van der Waals surface area contributed by atoms with Gasteiger partial charge in [0.25, 0.3) is 0 Å². The van der Waals surface area contributed by atoms with Crippen molar-refractivity contribution in [3.8, 4) is 0 Å². The minimum Gasteiger partial charge on any atom is -0.467 e. The van der Waals surface area contributed by atoms with Crippen LogP contribution >= 0.6 is 11.8 Å². The van der Waals surface area contributed by atoms with Crippen LogP contribution in [0.3, 0.4) is 0 Å². The van der Waals surface area contributed by atoms with Crippen LogP contribution in [0.4, 0.5) is 0 Å². The second-order valence-corrected chi connectivity index (χ2v) is 5.06. The lowest BCUT2D eigenvalue weighted by molar-refractivity contribution is 0.101. The zero-order valence-electron chi connectivity index (χ0n) is 10.5. The molecular formula is C13H12N4O2S. The summed E-state index contributed by atoms with van der Waals surface area (Å²) in [7, 11) is 0. The lowest BCUT2D eigenvalue weighted by Gasteiger charge is -2.03. The third-order valence-electron chi connectivity index (χ3n) is 2.72. The van der Waals surface area contributed by atoms with Gasteiger partial charge in [0.15, 0.2) is 10.9 Å². The van der Waals surface area contributed by atoms with Crippen molar-refractivity contribution < 1.29 is 9.21 Å². The lowest BCUT2D eigenvalue weighted by Crippen LogP contribution is -2.05. The first-order chi connectivity index (χ1) is 9.83. The van der Waals surface area contributed by atoms with E-state index in [1.807, 2.05) is 16.7 Å². The number of carbonyl (C=O) groups is 1. The highest BCUT2D eigenvalue weighted by atomic mass is 32.2. The molecule has 102 valence electrons. The van der Waals surface area contributed by atoms with E-state index in [4.69, 9.17) is 4.42 Å². The summed E-state index contributed by atoms with van der Waals surface area (Å²) in [6.07, 6.45) is 4.99. The summed E-state index contributed by atoms with van der Waals surface area (Å²) in [6.45, 7) is 0.555. The molecule has 0 saturated heterocycles. The van der Waals surface area contributed by atoms with E-state index in [2.05, 4.69) is 15.2 Å². The Bertz CT molecular complexity index is 673. The molecule has 0 aliphatic heterocycles. The molecule has 0 aliphatic carbocycles. The number of Topliss-reactive ketones (excluding diaryl/α,β-unsaturated/α-hetero) is 1. The third-order valence-corrected chi connectivity index (χ3v) is 3.70. The summed E-state index contributed by atoms with van der Waals surface area (Å²) < 4.78 is 7.14. The van der Waals surface area contributed by atoms with Gasteiger partial charge in [0.05, 0.1) is 24.3 Å². The van der Waals surface area contributed by atoms with Crippen molar-refractivity contribution in [2.24, 2.45) is 0 Å². The number of ketones is 1. The van der Waals surface area contributed by atoms with Gasteiger partial charge in [-0.25, -0.2) is 0 Å². The van der Waals surface area contributed by atoms with E-state index in [9.17, 15) is 4.79 Å². The van der Waals surface area contributed by atoms with Gasteiger partial charge in [0.2, 0.25) is 0 Å². The number of rotatable bonds is 6. The van der Waals surface area contributed by atoms with Gasteiger partial charge < -0.3 is 14.0 Å². The first-order valence-electron chi connectivity index (χ1n) is 6.02. The Kier molecular flexibility index (Phi) is 3.69. The molecule has 0 fully saturated rings. The number of hydrogen-bond acceptors (Lipinski definition) is 5. The number of thioether (sulfide) groups is 1. The maximum atomic E-state index is 11.9. The van der Waals surface area contributed by atoms with E-state index < -0.39 is 0 Å². The van der Waals surface area contributed by atoms with Gasteiger partial charge >= 0.3 is 0 Å². The molecule has 0 amide bonds.